The van der Waals surface area contributed by atoms with Gasteiger partial charge in [0.2, 0.25) is 0 Å². The molecule has 0 fully saturated rings. The Morgan fingerprint density at radius 1 is 1.20 bits per heavy atom. The quantitative estimate of drug-likeness (QED) is 0.747. The zero-order valence-electron chi connectivity index (χ0n) is 11.4. The van der Waals surface area contributed by atoms with E-state index in [1.54, 1.807) is 25.1 Å². The number of benzene rings is 1. The van der Waals surface area contributed by atoms with Crippen molar-refractivity contribution in [3.8, 4) is 0 Å². The molecule has 0 saturated heterocycles. The Balaban J connectivity index is 2.14. The van der Waals surface area contributed by atoms with Crippen molar-refractivity contribution in [3.05, 3.63) is 35.6 Å². The Morgan fingerprint density at radius 2 is 1.90 bits per heavy atom. The molecule has 0 aliphatic carbocycles. The second-order valence-corrected chi connectivity index (χ2v) is 4.08. The molecule has 0 spiro atoms. The molecular formula is C14H19FN2O3. The normalized spacial score (nSPS) is 9.90. The zero-order valence-corrected chi connectivity index (χ0v) is 11.4. The first-order valence-electron chi connectivity index (χ1n) is 6.54. The fraction of sp³-hybridized carbons (Fsp3) is 0.429. The molecule has 0 aromatic heterocycles. The van der Waals surface area contributed by atoms with Crippen LogP contribution in [0.25, 0.3) is 0 Å². The van der Waals surface area contributed by atoms with Crippen LogP contribution in [0.4, 0.5) is 9.18 Å². The van der Waals surface area contributed by atoms with E-state index in [0.29, 0.717) is 25.1 Å². The molecule has 0 aliphatic heterocycles. The van der Waals surface area contributed by atoms with E-state index >= 15 is 0 Å². The van der Waals surface area contributed by atoms with Crippen LogP contribution in [0.3, 0.4) is 0 Å². The predicted octanol–water partition coefficient (Wildman–Crippen LogP) is 1.62. The van der Waals surface area contributed by atoms with Gasteiger partial charge in [0.05, 0.1) is 13.0 Å². The molecule has 0 atom stereocenters. The summed E-state index contributed by atoms with van der Waals surface area (Å²) in [5.74, 6) is -0.629. The summed E-state index contributed by atoms with van der Waals surface area (Å²) in [7, 11) is 0. The highest BCUT2D eigenvalue weighted by atomic mass is 19.1. The van der Waals surface area contributed by atoms with E-state index in [-0.39, 0.29) is 30.8 Å². The van der Waals surface area contributed by atoms with Crippen molar-refractivity contribution < 1.29 is 18.7 Å². The average molecular weight is 282 g/mol. The maximum atomic E-state index is 13.3. The first-order valence-corrected chi connectivity index (χ1v) is 6.54. The molecular weight excluding hydrogens is 263 g/mol. The van der Waals surface area contributed by atoms with Gasteiger partial charge in [-0.25, -0.2) is 9.18 Å². The molecule has 6 heteroatoms. The van der Waals surface area contributed by atoms with Crippen LogP contribution in [0.15, 0.2) is 24.3 Å². The Kier molecular flexibility index (Phi) is 7.10. The molecule has 0 unspecified atom stereocenters. The lowest BCUT2D eigenvalue weighted by atomic mass is 10.1. The van der Waals surface area contributed by atoms with Crippen molar-refractivity contribution in [1.29, 1.82) is 0 Å². The van der Waals surface area contributed by atoms with Crippen molar-refractivity contribution in [1.82, 2.24) is 10.6 Å². The van der Waals surface area contributed by atoms with Crippen LogP contribution >= 0.6 is 0 Å². The van der Waals surface area contributed by atoms with Gasteiger partial charge in [-0.2, -0.15) is 0 Å². The van der Waals surface area contributed by atoms with E-state index < -0.39 is 0 Å². The standard InChI is InChI=1S/C14H19FN2O3/c1-2-20-13(18)8-10-17-14(19)16-9-7-11-5-3-4-6-12(11)15/h3-6H,2,7-10H2,1H3,(H2,16,17,19). The SMILES string of the molecule is CCOC(=O)CCNC(=O)NCCc1ccccc1F. The summed E-state index contributed by atoms with van der Waals surface area (Å²) in [5.41, 5.74) is 0.555. The summed E-state index contributed by atoms with van der Waals surface area (Å²) in [6.07, 6.45) is 0.548. The third-order valence-corrected chi connectivity index (χ3v) is 2.56. The number of carbonyl (C=O) groups excluding carboxylic acids is 2. The number of halogens is 1. The fourth-order valence-corrected chi connectivity index (χ4v) is 1.59. The number of esters is 1. The Bertz CT molecular complexity index is 452. The van der Waals surface area contributed by atoms with Crippen LogP contribution < -0.4 is 10.6 Å². The van der Waals surface area contributed by atoms with Gasteiger partial charge < -0.3 is 15.4 Å². The molecule has 0 saturated carbocycles. The van der Waals surface area contributed by atoms with Crippen molar-refractivity contribution in [2.24, 2.45) is 0 Å². The van der Waals surface area contributed by atoms with Gasteiger partial charge in [-0.1, -0.05) is 18.2 Å². The lowest BCUT2D eigenvalue weighted by Crippen LogP contribution is -2.37. The Labute approximate surface area is 117 Å². The molecule has 0 bridgehead atoms. The third-order valence-electron chi connectivity index (χ3n) is 2.56. The number of hydrogen-bond donors (Lipinski definition) is 2. The van der Waals surface area contributed by atoms with E-state index in [2.05, 4.69) is 10.6 Å². The van der Waals surface area contributed by atoms with E-state index in [1.807, 2.05) is 0 Å². The topological polar surface area (TPSA) is 67.4 Å². The molecule has 0 radical (unpaired) electrons. The summed E-state index contributed by atoms with van der Waals surface area (Å²) < 4.78 is 18.0. The average Bonchev–Trinajstić information content (AvgIpc) is 2.41. The van der Waals surface area contributed by atoms with Crippen LogP contribution in [0.2, 0.25) is 0 Å². The molecule has 2 N–H and O–H groups in total. The minimum atomic E-state index is -0.384. The fourth-order valence-electron chi connectivity index (χ4n) is 1.59. The van der Waals surface area contributed by atoms with Gasteiger partial charge in [-0.3, -0.25) is 4.79 Å². The smallest absolute Gasteiger partial charge is 0.314 e. The zero-order chi connectivity index (χ0) is 14.8. The Hall–Kier alpha value is -2.11. The molecule has 1 aromatic rings. The van der Waals surface area contributed by atoms with Gasteiger partial charge in [0, 0.05) is 13.1 Å². The van der Waals surface area contributed by atoms with Gasteiger partial charge in [-0.15, -0.1) is 0 Å². The summed E-state index contributed by atoms with van der Waals surface area (Å²) in [6.45, 7) is 2.59. The number of nitrogens with one attached hydrogen (secondary N) is 2. The van der Waals surface area contributed by atoms with Crippen LogP contribution in [0.5, 0.6) is 0 Å². The van der Waals surface area contributed by atoms with Gasteiger partial charge >= 0.3 is 12.0 Å². The number of carbonyl (C=O) groups is 2. The molecule has 20 heavy (non-hydrogen) atoms. The van der Waals surface area contributed by atoms with Gasteiger partial charge in [0.1, 0.15) is 5.82 Å². The van der Waals surface area contributed by atoms with Crippen LogP contribution in [-0.2, 0) is 16.0 Å². The lowest BCUT2D eigenvalue weighted by molar-refractivity contribution is -0.142. The number of ether oxygens (including phenoxy) is 1. The minimum absolute atomic E-state index is 0.134. The second-order valence-electron chi connectivity index (χ2n) is 4.08. The van der Waals surface area contributed by atoms with E-state index in [1.165, 1.54) is 6.07 Å². The highest BCUT2D eigenvalue weighted by Crippen LogP contribution is 2.05. The number of hydrogen-bond acceptors (Lipinski definition) is 3. The number of amides is 2. The minimum Gasteiger partial charge on any atom is -0.466 e. The van der Waals surface area contributed by atoms with Crippen molar-refractivity contribution in [3.63, 3.8) is 0 Å². The van der Waals surface area contributed by atoms with Crippen LogP contribution in [0.1, 0.15) is 18.9 Å². The summed E-state index contributed by atoms with van der Waals surface area (Å²) in [4.78, 5) is 22.4. The van der Waals surface area contributed by atoms with Crippen molar-refractivity contribution in [2.45, 2.75) is 19.8 Å². The van der Waals surface area contributed by atoms with Crippen LogP contribution in [0, 0.1) is 5.82 Å². The summed E-state index contributed by atoms with van der Waals surface area (Å²) >= 11 is 0. The molecule has 2 amide bonds. The largest absolute Gasteiger partial charge is 0.466 e. The molecule has 110 valence electrons. The molecule has 0 aliphatic rings. The number of urea groups is 1. The van der Waals surface area contributed by atoms with Gasteiger partial charge in [0.15, 0.2) is 0 Å². The van der Waals surface area contributed by atoms with Crippen molar-refractivity contribution >= 4 is 12.0 Å². The highest BCUT2D eigenvalue weighted by Gasteiger charge is 2.05. The maximum absolute atomic E-state index is 13.3. The molecule has 5 nitrogen and oxygen atoms in total. The predicted molar refractivity (Wildman–Crippen MR) is 72.8 cm³/mol. The monoisotopic (exact) mass is 282 g/mol. The molecule has 1 aromatic carbocycles. The first kappa shape index (κ1) is 15.9. The third kappa shape index (κ3) is 6.17. The van der Waals surface area contributed by atoms with E-state index in [9.17, 15) is 14.0 Å². The highest BCUT2D eigenvalue weighted by molar-refractivity contribution is 5.75. The van der Waals surface area contributed by atoms with Gasteiger partial charge in [0.25, 0.3) is 0 Å². The lowest BCUT2D eigenvalue weighted by Gasteiger charge is -2.08. The summed E-state index contributed by atoms with van der Waals surface area (Å²) in [5, 5.41) is 5.12. The van der Waals surface area contributed by atoms with Crippen molar-refractivity contribution in [2.75, 3.05) is 19.7 Å². The maximum Gasteiger partial charge on any atom is 0.314 e. The molecule has 1 rings (SSSR count). The number of rotatable bonds is 7. The molecule has 0 heterocycles. The van der Waals surface area contributed by atoms with E-state index in [0.717, 1.165) is 0 Å². The van der Waals surface area contributed by atoms with Gasteiger partial charge in [-0.05, 0) is 25.0 Å². The second kappa shape index (κ2) is 8.90. The van der Waals surface area contributed by atoms with E-state index in [4.69, 9.17) is 4.74 Å². The summed E-state index contributed by atoms with van der Waals surface area (Å²) in [6, 6.07) is 6.04. The first-order chi connectivity index (χ1) is 9.63. The Morgan fingerprint density at radius 3 is 2.60 bits per heavy atom. The van der Waals surface area contributed by atoms with Crippen LogP contribution in [-0.4, -0.2) is 31.7 Å².